The van der Waals surface area contributed by atoms with Gasteiger partial charge in [-0.1, -0.05) is 19.1 Å². The van der Waals surface area contributed by atoms with E-state index < -0.39 is 0 Å². The van der Waals surface area contributed by atoms with Crippen LogP contribution in [-0.4, -0.2) is 41.5 Å². The predicted molar refractivity (Wildman–Crippen MR) is 120 cm³/mol. The number of carbonyl (C=O) groups is 3. The smallest absolute Gasteiger partial charge is 0.251 e. The van der Waals surface area contributed by atoms with E-state index in [1.165, 1.54) is 6.08 Å². The van der Waals surface area contributed by atoms with Gasteiger partial charge in [-0.3, -0.25) is 14.4 Å². The minimum absolute atomic E-state index is 0.0746. The molecule has 162 valence electrons. The minimum Gasteiger partial charge on any atom is -0.394 e. The Hall–Kier alpha value is -3.45. The van der Waals surface area contributed by atoms with E-state index in [0.29, 0.717) is 29.3 Å². The Morgan fingerprint density at radius 1 is 1.00 bits per heavy atom. The van der Waals surface area contributed by atoms with E-state index in [4.69, 9.17) is 0 Å². The summed E-state index contributed by atoms with van der Waals surface area (Å²) in [7, 11) is 0. The van der Waals surface area contributed by atoms with Gasteiger partial charge in [-0.2, -0.15) is 0 Å². The fourth-order valence-electron chi connectivity index (χ4n) is 2.85. The van der Waals surface area contributed by atoms with Crippen LogP contribution in [0.1, 0.15) is 52.5 Å². The third-order valence-corrected chi connectivity index (χ3v) is 4.98. The normalized spacial score (nSPS) is 14.1. The fraction of sp³-hybridized carbons (Fsp3) is 0.292. The molecule has 1 fully saturated rings. The zero-order valence-corrected chi connectivity index (χ0v) is 17.4. The monoisotopic (exact) mass is 421 g/mol. The van der Waals surface area contributed by atoms with Gasteiger partial charge in [0.1, 0.15) is 0 Å². The van der Waals surface area contributed by atoms with E-state index in [2.05, 4.69) is 16.0 Å². The van der Waals surface area contributed by atoms with Crippen LogP contribution >= 0.6 is 0 Å². The van der Waals surface area contributed by atoms with Crippen molar-refractivity contribution in [1.82, 2.24) is 10.6 Å². The third-order valence-electron chi connectivity index (χ3n) is 4.98. The molecule has 7 heteroatoms. The Bertz CT molecular complexity index is 944. The van der Waals surface area contributed by atoms with Crippen LogP contribution in [0.15, 0.2) is 54.6 Å². The molecule has 1 unspecified atom stereocenters. The van der Waals surface area contributed by atoms with E-state index in [1.54, 1.807) is 54.6 Å². The first-order valence-electron chi connectivity index (χ1n) is 10.4. The number of hydrogen-bond acceptors (Lipinski definition) is 4. The molecule has 1 saturated carbocycles. The highest BCUT2D eigenvalue weighted by Gasteiger charge is 2.23. The lowest BCUT2D eigenvalue weighted by atomic mass is 10.1. The zero-order valence-electron chi connectivity index (χ0n) is 17.4. The molecule has 3 rings (SSSR count). The summed E-state index contributed by atoms with van der Waals surface area (Å²) in [6.45, 7) is 1.77. The van der Waals surface area contributed by atoms with Crippen LogP contribution in [0.25, 0.3) is 6.08 Å². The Labute approximate surface area is 181 Å². The molecule has 4 N–H and O–H groups in total. The molecule has 2 aromatic rings. The molecule has 0 bridgehead atoms. The van der Waals surface area contributed by atoms with Gasteiger partial charge in [-0.25, -0.2) is 0 Å². The summed E-state index contributed by atoms with van der Waals surface area (Å²) in [5, 5.41) is 17.6. The molecule has 0 aromatic heterocycles. The molecular weight excluding hydrogens is 394 g/mol. The number of anilines is 1. The van der Waals surface area contributed by atoms with Crippen molar-refractivity contribution < 1.29 is 19.5 Å². The van der Waals surface area contributed by atoms with Crippen molar-refractivity contribution in [2.24, 2.45) is 0 Å². The van der Waals surface area contributed by atoms with E-state index in [1.807, 2.05) is 6.92 Å². The second kappa shape index (κ2) is 10.5. The molecular formula is C24H27N3O4. The van der Waals surface area contributed by atoms with Crippen LogP contribution in [0.3, 0.4) is 0 Å². The van der Waals surface area contributed by atoms with Crippen molar-refractivity contribution in [3.63, 3.8) is 0 Å². The van der Waals surface area contributed by atoms with Crippen molar-refractivity contribution in [2.75, 3.05) is 11.9 Å². The minimum atomic E-state index is -0.306. The zero-order chi connectivity index (χ0) is 22.2. The average molecular weight is 421 g/mol. The molecule has 3 amide bonds. The highest BCUT2D eigenvalue weighted by molar-refractivity contribution is 6.02. The first-order chi connectivity index (χ1) is 15.0. The molecule has 7 nitrogen and oxygen atoms in total. The lowest BCUT2D eigenvalue weighted by molar-refractivity contribution is -0.111. The van der Waals surface area contributed by atoms with Gasteiger partial charge in [-0.05, 0) is 67.3 Å². The predicted octanol–water partition coefficient (Wildman–Crippen LogP) is 2.73. The summed E-state index contributed by atoms with van der Waals surface area (Å²) in [5.41, 5.74) is 2.42. The van der Waals surface area contributed by atoms with Gasteiger partial charge >= 0.3 is 0 Å². The lowest BCUT2D eigenvalue weighted by Gasteiger charge is -2.14. The van der Waals surface area contributed by atoms with E-state index >= 15 is 0 Å². The first kappa shape index (κ1) is 22.2. The van der Waals surface area contributed by atoms with Crippen molar-refractivity contribution in [2.45, 2.75) is 38.3 Å². The van der Waals surface area contributed by atoms with Crippen molar-refractivity contribution in [3.8, 4) is 0 Å². The number of aliphatic hydroxyl groups is 1. The van der Waals surface area contributed by atoms with Crippen molar-refractivity contribution >= 4 is 29.5 Å². The second-order valence-electron chi connectivity index (χ2n) is 7.53. The highest BCUT2D eigenvalue weighted by atomic mass is 16.3. The van der Waals surface area contributed by atoms with Gasteiger partial charge < -0.3 is 21.1 Å². The average Bonchev–Trinajstić information content (AvgIpc) is 3.60. The maximum absolute atomic E-state index is 12.2. The standard InChI is InChI=1S/C24H27N3O4/c1-2-19(15-28)26-23(30)18-8-10-20(11-9-18)25-22(29)14-5-16-3-6-17(7-4-16)24(31)27-21-12-13-21/h3-11,14,19,21,28H,2,12-13,15H2,1H3,(H,25,29)(H,26,30)(H,27,31)/b14-5+. The van der Waals surface area contributed by atoms with E-state index in [9.17, 15) is 19.5 Å². The largest absolute Gasteiger partial charge is 0.394 e. The lowest BCUT2D eigenvalue weighted by Crippen LogP contribution is -2.36. The summed E-state index contributed by atoms with van der Waals surface area (Å²) in [6, 6.07) is 13.6. The van der Waals surface area contributed by atoms with Gasteiger partial charge in [0.2, 0.25) is 5.91 Å². The molecule has 2 aromatic carbocycles. The molecule has 1 aliphatic rings. The maximum Gasteiger partial charge on any atom is 0.251 e. The van der Waals surface area contributed by atoms with Crippen LogP contribution in [-0.2, 0) is 4.79 Å². The maximum atomic E-state index is 12.2. The number of rotatable bonds is 9. The molecule has 0 heterocycles. The molecule has 1 aliphatic carbocycles. The van der Waals surface area contributed by atoms with E-state index in [0.717, 1.165) is 18.4 Å². The third kappa shape index (κ3) is 6.79. The summed E-state index contributed by atoms with van der Waals surface area (Å²) < 4.78 is 0. The van der Waals surface area contributed by atoms with Crippen LogP contribution < -0.4 is 16.0 Å². The number of amides is 3. The van der Waals surface area contributed by atoms with Gasteiger partial charge in [0.15, 0.2) is 0 Å². The Morgan fingerprint density at radius 3 is 2.19 bits per heavy atom. The second-order valence-corrected chi connectivity index (χ2v) is 7.53. The highest BCUT2D eigenvalue weighted by Crippen LogP contribution is 2.19. The Kier molecular flexibility index (Phi) is 7.56. The van der Waals surface area contributed by atoms with E-state index in [-0.39, 0.29) is 30.4 Å². The molecule has 0 spiro atoms. The number of aliphatic hydroxyl groups excluding tert-OH is 1. The van der Waals surface area contributed by atoms with Crippen LogP contribution in [0.5, 0.6) is 0 Å². The van der Waals surface area contributed by atoms with Crippen LogP contribution in [0.4, 0.5) is 5.69 Å². The summed E-state index contributed by atoms with van der Waals surface area (Å²) in [6.07, 6.45) is 5.80. The number of hydrogen-bond donors (Lipinski definition) is 4. The number of benzene rings is 2. The molecule has 0 radical (unpaired) electrons. The van der Waals surface area contributed by atoms with Crippen LogP contribution in [0.2, 0.25) is 0 Å². The fourth-order valence-corrected chi connectivity index (χ4v) is 2.85. The van der Waals surface area contributed by atoms with Gasteiger partial charge in [0.25, 0.3) is 11.8 Å². The molecule has 0 aliphatic heterocycles. The summed E-state index contributed by atoms with van der Waals surface area (Å²) >= 11 is 0. The number of nitrogens with one attached hydrogen (secondary N) is 3. The first-order valence-corrected chi connectivity index (χ1v) is 10.4. The van der Waals surface area contributed by atoms with Crippen molar-refractivity contribution in [3.05, 3.63) is 71.3 Å². The SMILES string of the molecule is CCC(CO)NC(=O)c1ccc(NC(=O)/C=C/c2ccc(C(=O)NC3CC3)cc2)cc1. The van der Waals surface area contributed by atoms with Gasteiger partial charge in [0, 0.05) is 28.9 Å². The summed E-state index contributed by atoms with van der Waals surface area (Å²) in [5.74, 6) is -0.651. The number of carbonyl (C=O) groups excluding carboxylic acids is 3. The van der Waals surface area contributed by atoms with Gasteiger partial charge in [-0.15, -0.1) is 0 Å². The molecule has 0 saturated heterocycles. The summed E-state index contributed by atoms with van der Waals surface area (Å²) in [4.78, 5) is 36.3. The Balaban J connectivity index is 1.51. The van der Waals surface area contributed by atoms with Crippen LogP contribution in [0, 0.1) is 0 Å². The molecule has 31 heavy (non-hydrogen) atoms. The van der Waals surface area contributed by atoms with Crippen molar-refractivity contribution in [1.29, 1.82) is 0 Å². The molecule has 1 atom stereocenters. The van der Waals surface area contributed by atoms with Gasteiger partial charge in [0.05, 0.1) is 12.6 Å². The Morgan fingerprint density at radius 2 is 1.61 bits per heavy atom. The quantitative estimate of drug-likeness (QED) is 0.467. The topological polar surface area (TPSA) is 108 Å².